The maximum absolute atomic E-state index is 13.1. The Hall–Kier alpha value is -2.12. The van der Waals surface area contributed by atoms with Crippen molar-refractivity contribution in [1.29, 1.82) is 0 Å². The van der Waals surface area contributed by atoms with E-state index in [2.05, 4.69) is 18.2 Å². The Labute approximate surface area is 178 Å². The molecule has 2 aromatic heterocycles. The number of benzene rings is 1. The average molecular weight is 428 g/mol. The molecule has 29 heavy (non-hydrogen) atoms. The number of thiophene rings is 1. The van der Waals surface area contributed by atoms with E-state index in [0.29, 0.717) is 23.6 Å². The van der Waals surface area contributed by atoms with Crippen LogP contribution in [0.4, 0.5) is 0 Å². The highest BCUT2D eigenvalue weighted by atomic mass is 32.2. The van der Waals surface area contributed by atoms with Gasteiger partial charge in [-0.15, -0.1) is 11.3 Å². The van der Waals surface area contributed by atoms with E-state index in [-0.39, 0.29) is 16.7 Å². The predicted octanol–water partition coefficient (Wildman–Crippen LogP) is 4.16. The zero-order chi connectivity index (χ0) is 20.7. The largest absolute Gasteiger partial charge is 0.337 e. The molecule has 5 nitrogen and oxygen atoms in total. The third-order valence-corrected chi connectivity index (χ3v) is 7.82. The number of fused-ring (bicyclic) bond motifs is 2. The molecule has 0 bridgehead atoms. The molecule has 1 aliphatic rings. The molecule has 1 unspecified atom stereocenters. The van der Waals surface area contributed by atoms with Crippen molar-refractivity contribution in [2.45, 2.75) is 57.6 Å². The second-order valence-electron chi connectivity index (χ2n) is 7.45. The molecule has 152 valence electrons. The first-order valence-electron chi connectivity index (χ1n) is 9.93. The lowest BCUT2D eigenvalue weighted by Gasteiger charge is -2.30. The van der Waals surface area contributed by atoms with Gasteiger partial charge >= 0.3 is 0 Å². The summed E-state index contributed by atoms with van der Waals surface area (Å²) in [5.74, 6) is 0.0973. The summed E-state index contributed by atoms with van der Waals surface area (Å²) < 4.78 is 1.70. The third-order valence-electron chi connectivity index (χ3n) is 5.64. The molecule has 0 fully saturated rings. The molecule has 0 radical (unpaired) electrons. The molecule has 1 atom stereocenters. The monoisotopic (exact) mass is 427 g/mol. The molecule has 0 saturated heterocycles. The number of aromatic nitrogens is 2. The SMILES string of the molecule is CCn1c(SC(C)C(=O)N2CCc3ccccc3C2)nc2sc(C)c(C)c2c1=O. The molecule has 1 amide bonds. The highest BCUT2D eigenvalue weighted by Crippen LogP contribution is 2.30. The smallest absolute Gasteiger partial charge is 0.263 e. The summed E-state index contributed by atoms with van der Waals surface area (Å²) in [7, 11) is 0. The molecular weight excluding hydrogens is 402 g/mol. The molecular formula is C22H25N3O2S2. The minimum atomic E-state index is -0.301. The average Bonchev–Trinajstić information content (AvgIpc) is 3.01. The van der Waals surface area contributed by atoms with Crippen LogP contribution in [0.15, 0.2) is 34.2 Å². The van der Waals surface area contributed by atoms with Gasteiger partial charge in [-0.1, -0.05) is 36.0 Å². The molecule has 0 aliphatic carbocycles. The summed E-state index contributed by atoms with van der Waals surface area (Å²) in [4.78, 5) is 34.7. The van der Waals surface area contributed by atoms with E-state index in [9.17, 15) is 9.59 Å². The van der Waals surface area contributed by atoms with Crippen LogP contribution in [0.1, 0.15) is 35.4 Å². The van der Waals surface area contributed by atoms with E-state index in [0.717, 1.165) is 28.2 Å². The fourth-order valence-electron chi connectivity index (χ4n) is 3.83. The maximum Gasteiger partial charge on any atom is 0.263 e. The fraction of sp³-hybridized carbons (Fsp3) is 0.409. The van der Waals surface area contributed by atoms with Gasteiger partial charge in [-0.3, -0.25) is 14.2 Å². The van der Waals surface area contributed by atoms with E-state index in [1.54, 1.807) is 15.9 Å². The molecule has 0 spiro atoms. The Morgan fingerprint density at radius 1 is 1.28 bits per heavy atom. The van der Waals surface area contributed by atoms with Crippen molar-refractivity contribution in [1.82, 2.24) is 14.5 Å². The van der Waals surface area contributed by atoms with Crippen molar-refractivity contribution in [2.75, 3.05) is 6.54 Å². The minimum Gasteiger partial charge on any atom is -0.337 e. The Balaban J connectivity index is 1.60. The molecule has 4 rings (SSSR count). The van der Waals surface area contributed by atoms with Crippen LogP contribution < -0.4 is 5.56 Å². The molecule has 0 saturated carbocycles. The Morgan fingerprint density at radius 3 is 2.72 bits per heavy atom. The normalized spacial score (nSPS) is 14.8. The van der Waals surface area contributed by atoms with E-state index < -0.39 is 0 Å². The molecule has 3 aromatic rings. The van der Waals surface area contributed by atoms with Gasteiger partial charge in [-0.2, -0.15) is 0 Å². The lowest BCUT2D eigenvalue weighted by molar-refractivity contribution is -0.131. The van der Waals surface area contributed by atoms with Crippen LogP contribution in [0.3, 0.4) is 0 Å². The first kappa shape index (κ1) is 20.2. The van der Waals surface area contributed by atoms with Crippen LogP contribution in [0.2, 0.25) is 0 Å². The molecule has 3 heterocycles. The van der Waals surface area contributed by atoms with E-state index in [1.807, 2.05) is 38.7 Å². The zero-order valence-electron chi connectivity index (χ0n) is 17.2. The number of rotatable bonds is 4. The number of carbonyl (C=O) groups is 1. The van der Waals surface area contributed by atoms with Crippen LogP contribution in [-0.4, -0.2) is 32.2 Å². The van der Waals surface area contributed by atoms with E-state index in [4.69, 9.17) is 4.98 Å². The maximum atomic E-state index is 13.1. The second kappa shape index (κ2) is 7.95. The summed E-state index contributed by atoms with van der Waals surface area (Å²) in [6.07, 6.45) is 0.886. The number of aryl methyl sites for hydroxylation is 2. The number of hydrogen-bond donors (Lipinski definition) is 0. The lowest BCUT2D eigenvalue weighted by atomic mass is 10.00. The lowest BCUT2D eigenvalue weighted by Crippen LogP contribution is -2.40. The van der Waals surface area contributed by atoms with Crippen molar-refractivity contribution in [3.63, 3.8) is 0 Å². The number of hydrogen-bond acceptors (Lipinski definition) is 5. The van der Waals surface area contributed by atoms with Crippen molar-refractivity contribution in [2.24, 2.45) is 0 Å². The van der Waals surface area contributed by atoms with Gasteiger partial charge in [0.25, 0.3) is 5.56 Å². The Morgan fingerprint density at radius 2 is 2.00 bits per heavy atom. The first-order valence-corrected chi connectivity index (χ1v) is 11.6. The standard InChI is InChI=1S/C22H25N3O2S2/c1-5-25-21(27)18-13(2)14(3)28-19(18)23-22(25)29-15(4)20(26)24-11-10-16-8-6-7-9-17(16)12-24/h6-9,15H,5,10-12H2,1-4H3. The fourth-order valence-corrected chi connectivity index (χ4v) is 5.95. The Bertz CT molecular complexity index is 1150. The van der Waals surface area contributed by atoms with Crippen LogP contribution in [0.5, 0.6) is 0 Å². The summed E-state index contributed by atoms with van der Waals surface area (Å²) in [5, 5.41) is 1.04. The highest BCUT2D eigenvalue weighted by Gasteiger charge is 2.27. The molecule has 1 aromatic carbocycles. The Kier molecular flexibility index (Phi) is 5.53. The molecule has 1 aliphatic heterocycles. The summed E-state index contributed by atoms with van der Waals surface area (Å²) in [5.41, 5.74) is 3.55. The topological polar surface area (TPSA) is 55.2 Å². The van der Waals surface area contributed by atoms with Gasteiger partial charge in [-0.25, -0.2) is 4.98 Å². The van der Waals surface area contributed by atoms with Crippen molar-refractivity contribution < 1.29 is 4.79 Å². The van der Waals surface area contributed by atoms with Gasteiger partial charge < -0.3 is 4.90 Å². The van der Waals surface area contributed by atoms with Gasteiger partial charge in [0, 0.05) is 24.5 Å². The van der Waals surface area contributed by atoms with Gasteiger partial charge in [0.05, 0.1) is 10.6 Å². The highest BCUT2D eigenvalue weighted by molar-refractivity contribution is 8.00. The van der Waals surface area contributed by atoms with Crippen LogP contribution in [0, 0.1) is 13.8 Å². The number of thioether (sulfide) groups is 1. The summed E-state index contributed by atoms with van der Waals surface area (Å²) >= 11 is 2.94. The second-order valence-corrected chi connectivity index (χ2v) is 9.96. The number of amides is 1. The summed E-state index contributed by atoms with van der Waals surface area (Å²) in [6.45, 7) is 9.77. The van der Waals surface area contributed by atoms with Gasteiger partial charge in [0.15, 0.2) is 5.16 Å². The predicted molar refractivity (Wildman–Crippen MR) is 120 cm³/mol. The number of carbonyl (C=O) groups excluding carboxylic acids is 1. The third kappa shape index (κ3) is 3.62. The van der Waals surface area contributed by atoms with Crippen molar-refractivity contribution in [3.05, 3.63) is 56.2 Å². The van der Waals surface area contributed by atoms with Gasteiger partial charge in [0.2, 0.25) is 5.91 Å². The van der Waals surface area contributed by atoms with Gasteiger partial charge in [0.1, 0.15) is 4.83 Å². The van der Waals surface area contributed by atoms with Crippen molar-refractivity contribution >= 4 is 39.2 Å². The van der Waals surface area contributed by atoms with E-state index >= 15 is 0 Å². The molecule has 7 heteroatoms. The van der Waals surface area contributed by atoms with Crippen molar-refractivity contribution in [3.8, 4) is 0 Å². The van der Waals surface area contributed by atoms with Crippen LogP contribution in [-0.2, 0) is 24.3 Å². The van der Waals surface area contributed by atoms with Crippen LogP contribution >= 0.6 is 23.1 Å². The first-order chi connectivity index (χ1) is 13.9. The zero-order valence-corrected chi connectivity index (χ0v) is 18.8. The summed E-state index contributed by atoms with van der Waals surface area (Å²) in [6, 6.07) is 8.31. The van der Waals surface area contributed by atoms with Crippen LogP contribution in [0.25, 0.3) is 10.2 Å². The van der Waals surface area contributed by atoms with E-state index in [1.165, 1.54) is 22.9 Å². The minimum absolute atomic E-state index is 0.00611. The number of nitrogens with zero attached hydrogens (tertiary/aromatic N) is 3. The van der Waals surface area contributed by atoms with Gasteiger partial charge in [-0.05, 0) is 50.8 Å². The molecule has 0 N–H and O–H groups in total. The quantitative estimate of drug-likeness (QED) is 0.463.